The number of carboxylic acids is 1. The molecule has 0 radical (unpaired) electrons. The first-order valence-electron chi connectivity index (χ1n) is 4.23. The fourth-order valence-electron chi connectivity index (χ4n) is 1.04. The maximum absolute atomic E-state index is 12.6. The molecule has 5 heteroatoms. The van der Waals surface area contributed by atoms with Crippen LogP contribution in [-0.2, 0) is 0 Å². The van der Waals surface area contributed by atoms with E-state index in [1.165, 1.54) is 6.07 Å². The van der Waals surface area contributed by atoms with E-state index in [0.717, 1.165) is 18.9 Å². The lowest BCUT2D eigenvalue weighted by Crippen LogP contribution is -2.07. The van der Waals surface area contributed by atoms with Crippen LogP contribution in [-0.4, -0.2) is 22.2 Å². The fourth-order valence-corrected chi connectivity index (χ4v) is 1.04. The van der Waals surface area contributed by atoms with E-state index in [0.29, 0.717) is 0 Å². The van der Waals surface area contributed by atoms with Crippen LogP contribution in [0, 0.1) is 5.95 Å². The molecule has 74 valence electrons. The Morgan fingerprint density at radius 2 is 2.29 bits per heavy atom. The first-order chi connectivity index (χ1) is 6.66. The summed E-state index contributed by atoms with van der Waals surface area (Å²) in [5, 5.41) is 8.71. The lowest BCUT2D eigenvalue weighted by atomic mass is 10.3. The van der Waals surface area contributed by atoms with Crippen molar-refractivity contribution in [1.29, 1.82) is 0 Å². The molecule has 0 spiro atoms. The van der Waals surface area contributed by atoms with Crippen LogP contribution in [0.4, 0.5) is 4.39 Å². The van der Waals surface area contributed by atoms with Crippen LogP contribution in [0.3, 0.4) is 0 Å². The van der Waals surface area contributed by atoms with Gasteiger partial charge in [0.15, 0.2) is 11.4 Å². The van der Waals surface area contributed by atoms with E-state index in [1.807, 2.05) is 0 Å². The molecule has 0 aromatic carbocycles. The van der Waals surface area contributed by atoms with E-state index in [1.54, 1.807) is 0 Å². The van der Waals surface area contributed by atoms with Gasteiger partial charge in [-0.05, 0) is 25.0 Å². The third-order valence-electron chi connectivity index (χ3n) is 1.84. The van der Waals surface area contributed by atoms with Crippen molar-refractivity contribution in [2.45, 2.75) is 18.9 Å². The zero-order valence-electron chi connectivity index (χ0n) is 7.24. The SMILES string of the molecule is O=C(O)c1nc(F)ccc1OC1CC1. The monoisotopic (exact) mass is 197 g/mol. The highest BCUT2D eigenvalue weighted by Gasteiger charge is 2.26. The molecule has 1 aliphatic carbocycles. The number of ether oxygens (including phenoxy) is 1. The smallest absolute Gasteiger partial charge is 0.358 e. The maximum Gasteiger partial charge on any atom is 0.358 e. The van der Waals surface area contributed by atoms with E-state index in [-0.39, 0.29) is 17.5 Å². The summed E-state index contributed by atoms with van der Waals surface area (Å²) >= 11 is 0. The summed E-state index contributed by atoms with van der Waals surface area (Å²) < 4.78 is 17.9. The molecule has 1 fully saturated rings. The van der Waals surface area contributed by atoms with Gasteiger partial charge in [-0.25, -0.2) is 9.78 Å². The van der Waals surface area contributed by atoms with Crippen molar-refractivity contribution in [1.82, 2.24) is 4.98 Å². The lowest BCUT2D eigenvalue weighted by molar-refractivity contribution is 0.0683. The Labute approximate surface area is 79.3 Å². The molecule has 0 saturated heterocycles. The molecular weight excluding hydrogens is 189 g/mol. The van der Waals surface area contributed by atoms with Gasteiger partial charge in [-0.1, -0.05) is 0 Å². The minimum absolute atomic E-state index is 0.0698. The topological polar surface area (TPSA) is 59.4 Å². The highest BCUT2D eigenvalue weighted by atomic mass is 19.1. The molecule has 1 heterocycles. The first kappa shape index (κ1) is 8.93. The number of aromatic nitrogens is 1. The molecule has 4 nitrogen and oxygen atoms in total. The normalized spacial score (nSPS) is 15.2. The predicted octanol–water partition coefficient (Wildman–Crippen LogP) is 1.46. The van der Waals surface area contributed by atoms with Crippen molar-refractivity contribution in [3.63, 3.8) is 0 Å². The van der Waals surface area contributed by atoms with Crippen LogP contribution in [0.5, 0.6) is 5.75 Å². The predicted molar refractivity (Wildman–Crippen MR) is 44.8 cm³/mol. The number of halogens is 1. The number of nitrogens with zero attached hydrogens (tertiary/aromatic N) is 1. The molecule has 1 N–H and O–H groups in total. The number of rotatable bonds is 3. The maximum atomic E-state index is 12.6. The molecule has 1 aromatic heterocycles. The van der Waals surface area contributed by atoms with Crippen LogP contribution in [0.2, 0.25) is 0 Å². The first-order valence-corrected chi connectivity index (χ1v) is 4.23. The molecule has 0 atom stereocenters. The number of hydrogen-bond donors (Lipinski definition) is 1. The number of hydrogen-bond acceptors (Lipinski definition) is 3. The second kappa shape index (κ2) is 3.25. The summed E-state index contributed by atoms with van der Waals surface area (Å²) in [5.41, 5.74) is -0.364. The summed E-state index contributed by atoms with van der Waals surface area (Å²) in [6.45, 7) is 0. The molecular formula is C9H8FNO3. The van der Waals surface area contributed by atoms with E-state index in [2.05, 4.69) is 4.98 Å². The summed E-state index contributed by atoms with van der Waals surface area (Å²) in [6.07, 6.45) is 1.90. The van der Waals surface area contributed by atoms with Gasteiger partial charge in [0.2, 0.25) is 5.95 Å². The van der Waals surface area contributed by atoms with Crippen molar-refractivity contribution in [3.8, 4) is 5.75 Å². The Morgan fingerprint density at radius 1 is 1.57 bits per heavy atom. The van der Waals surface area contributed by atoms with Crippen molar-refractivity contribution >= 4 is 5.97 Å². The van der Waals surface area contributed by atoms with Gasteiger partial charge in [0.25, 0.3) is 0 Å². The van der Waals surface area contributed by atoms with Crippen LogP contribution in [0.25, 0.3) is 0 Å². The Balaban J connectivity index is 2.31. The molecule has 1 aliphatic rings. The van der Waals surface area contributed by atoms with E-state index in [9.17, 15) is 9.18 Å². The zero-order valence-corrected chi connectivity index (χ0v) is 7.24. The molecule has 14 heavy (non-hydrogen) atoms. The second-order valence-corrected chi connectivity index (χ2v) is 3.10. The second-order valence-electron chi connectivity index (χ2n) is 3.10. The Kier molecular flexibility index (Phi) is 2.07. The van der Waals surface area contributed by atoms with Crippen LogP contribution in [0.15, 0.2) is 12.1 Å². The number of carbonyl (C=O) groups is 1. The highest BCUT2D eigenvalue weighted by Crippen LogP contribution is 2.28. The average molecular weight is 197 g/mol. The highest BCUT2D eigenvalue weighted by molar-refractivity contribution is 5.88. The average Bonchev–Trinajstić information content (AvgIpc) is 2.91. The minimum Gasteiger partial charge on any atom is -0.488 e. The summed E-state index contributed by atoms with van der Waals surface area (Å²) in [6, 6.07) is 2.38. The van der Waals surface area contributed by atoms with Gasteiger partial charge in [-0.3, -0.25) is 0 Å². The molecule has 2 rings (SSSR count). The summed E-state index contributed by atoms with van der Waals surface area (Å²) in [4.78, 5) is 13.9. The molecule has 0 amide bonds. The molecule has 0 aliphatic heterocycles. The van der Waals surface area contributed by atoms with E-state index in [4.69, 9.17) is 9.84 Å². The van der Waals surface area contributed by atoms with Gasteiger partial charge in [0.05, 0.1) is 6.10 Å². The molecule has 1 saturated carbocycles. The number of pyridine rings is 1. The standard InChI is InChI=1S/C9H8FNO3/c10-7-4-3-6(14-5-1-2-5)8(11-7)9(12)13/h3-5H,1-2H2,(H,12,13). The van der Waals surface area contributed by atoms with Gasteiger partial charge in [0, 0.05) is 0 Å². The van der Waals surface area contributed by atoms with Gasteiger partial charge < -0.3 is 9.84 Å². The Bertz CT molecular complexity index is 376. The summed E-state index contributed by atoms with van der Waals surface area (Å²) in [5.74, 6) is -1.95. The Morgan fingerprint density at radius 3 is 2.86 bits per heavy atom. The quantitative estimate of drug-likeness (QED) is 0.745. The van der Waals surface area contributed by atoms with Crippen LogP contribution >= 0.6 is 0 Å². The third-order valence-corrected chi connectivity index (χ3v) is 1.84. The molecule has 1 aromatic rings. The number of carboxylic acid groups (broad SMARTS) is 1. The van der Waals surface area contributed by atoms with Gasteiger partial charge in [-0.2, -0.15) is 4.39 Å². The van der Waals surface area contributed by atoms with Crippen molar-refractivity contribution in [2.24, 2.45) is 0 Å². The van der Waals surface area contributed by atoms with E-state index >= 15 is 0 Å². The fraction of sp³-hybridized carbons (Fsp3) is 0.333. The van der Waals surface area contributed by atoms with Gasteiger partial charge in [0.1, 0.15) is 0 Å². The van der Waals surface area contributed by atoms with Gasteiger partial charge in [-0.15, -0.1) is 0 Å². The van der Waals surface area contributed by atoms with Crippen molar-refractivity contribution in [2.75, 3.05) is 0 Å². The van der Waals surface area contributed by atoms with Crippen LogP contribution < -0.4 is 4.74 Å². The van der Waals surface area contributed by atoms with Gasteiger partial charge >= 0.3 is 5.97 Å². The molecule has 0 unspecified atom stereocenters. The third kappa shape index (κ3) is 1.81. The van der Waals surface area contributed by atoms with Crippen molar-refractivity contribution in [3.05, 3.63) is 23.8 Å². The van der Waals surface area contributed by atoms with E-state index < -0.39 is 11.9 Å². The zero-order chi connectivity index (χ0) is 10.1. The lowest BCUT2D eigenvalue weighted by Gasteiger charge is -2.06. The minimum atomic E-state index is -1.28. The largest absolute Gasteiger partial charge is 0.488 e. The number of aromatic carboxylic acids is 1. The Hall–Kier alpha value is -1.65. The van der Waals surface area contributed by atoms with Crippen molar-refractivity contribution < 1.29 is 19.0 Å². The van der Waals surface area contributed by atoms with Crippen LogP contribution in [0.1, 0.15) is 23.3 Å². The summed E-state index contributed by atoms with van der Waals surface area (Å²) in [7, 11) is 0. The molecule has 0 bridgehead atoms.